The van der Waals surface area contributed by atoms with Crippen LogP contribution >= 0.6 is 0 Å². The Bertz CT molecular complexity index is 569. The first kappa shape index (κ1) is 19.4. The van der Waals surface area contributed by atoms with Crippen LogP contribution in [0, 0.1) is 0 Å². The van der Waals surface area contributed by atoms with E-state index in [9.17, 15) is 9.59 Å². The van der Waals surface area contributed by atoms with Gasteiger partial charge in [-0.1, -0.05) is 29.4 Å². The highest BCUT2D eigenvalue weighted by atomic mass is 16.5. The molecule has 0 aliphatic carbocycles. The van der Waals surface area contributed by atoms with Gasteiger partial charge in [-0.25, -0.2) is 0 Å². The molecule has 24 heavy (non-hydrogen) atoms. The zero-order valence-corrected chi connectivity index (χ0v) is 13.4. The van der Waals surface area contributed by atoms with E-state index in [0.29, 0.717) is 26.3 Å². The van der Waals surface area contributed by atoms with Crippen LogP contribution in [0.25, 0.3) is 10.4 Å². The van der Waals surface area contributed by atoms with Crippen LogP contribution < -0.4 is 16.4 Å². The second-order valence-electron chi connectivity index (χ2n) is 4.89. The lowest BCUT2D eigenvalue weighted by Crippen LogP contribution is -2.38. The maximum Gasteiger partial charge on any atom is 0.239 e. The molecule has 0 aromatic heterocycles. The standard InChI is InChI=1S/C15H22N6O3/c16-10-13-3-1-12(2-4-13)9-14(22)19-11-15(23)18-5-7-24-8-6-20-21-17/h1-4H,5-11,16H2,(H,18,23)(H,19,22). The minimum absolute atomic E-state index is 0.0849. The summed E-state index contributed by atoms with van der Waals surface area (Å²) in [5, 5.41) is 8.48. The highest BCUT2D eigenvalue weighted by Crippen LogP contribution is 2.04. The number of carbonyl (C=O) groups excluding carboxylic acids is 2. The quantitative estimate of drug-likeness (QED) is 0.231. The summed E-state index contributed by atoms with van der Waals surface area (Å²) in [4.78, 5) is 25.9. The summed E-state index contributed by atoms with van der Waals surface area (Å²) in [7, 11) is 0. The first-order valence-electron chi connectivity index (χ1n) is 7.55. The topological polar surface area (TPSA) is 142 Å². The lowest BCUT2D eigenvalue weighted by Gasteiger charge is -2.07. The van der Waals surface area contributed by atoms with Crippen molar-refractivity contribution in [2.24, 2.45) is 10.8 Å². The Morgan fingerprint density at radius 2 is 1.83 bits per heavy atom. The molecule has 1 rings (SSSR count). The predicted octanol–water partition coefficient (Wildman–Crippen LogP) is 0.247. The molecule has 2 amide bonds. The zero-order chi connectivity index (χ0) is 17.6. The van der Waals surface area contributed by atoms with Gasteiger partial charge in [0.2, 0.25) is 11.8 Å². The minimum atomic E-state index is -0.291. The van der Waals surface area contributed by atoms with E-state index >= 15 is 0 Å². The van der Waals surface area contributed by atoms with E-state index in [1.807, 2.05) is 24.3 Å². The normalized spacial score (nSPS) is 9.88. The van der Waals surface area contributed by atoms with Crippen LogP contribution in [0.5, 0.6) is 0 Å². The maximum atomic E-state index is 11.8. The molecule has 0 radical (unpaired) electrons. The van der Waals surface area contributed by atoms with Crippen molar-refractivity contribution in [2.45, 2.75) is 13.0 Å². The molecule has 0 fully saturated rings. The van der Waals surface area contributed by atoms with Gasteiger partial charge in [-0.15, -0.1) is 0 Å². The van der Waals surface area contributed by atoms with Crippen molar-refractivity contribution < 1.29 is 14.3 Å². The number of carbonyl (C=O) groups is 2. The Morgan fingerprint density at radius 1 is 1.12 bits per heavy atom. The van der Waals surface area contributed by atoms with Gasteiger partial charge in [0, 0.05) is 24.5 Å². The number of hydrogen-bond donors (Lipinski definition) is 3. The Labute approximate surface area is 140 Å². The summed E-state index contributed by atoms with van der Waals surface area (Å²) in [6.07, 6.45) is 0.209. The van der Waals surface area contributed by atoms with Crippen LogP contribution in [-0.2, 0) is 27.3 Å². The number of hydrogen-bond acceptors (Lipinski definition) is 5. The third kappa shape index (κ3) is 8.74. The van der Waals surface area contributed by atoms with Crippen molar-refractivity contribution in [1.82, 2.24) is 10.6 Å². The molecule has 9 heteroatoms. The third-order valence-corrected chi connectivity index (χ3v) is 3.04. The van der Waals surface area contributed by atoms with Gasteiger partial charge < -0.3 is 21.1 Å². The van der Waals surface area contributed by atoms with Gasteiger partial charge in [0.25, 0.3) is 0 Å². The van der Waals surface area contributed by atoms with Crippen LogP contribution in [0.3, 0.4) is 0 Å². The van der Waals surface area contributed by atoms with Crippen LogP contribution in [0.2, 0.25) is 0 Å². The monoisotopic (exact) mass is 334 g/mol. The number of amides is 2. The summed E-state index contributed by atoms with van der Waals surface area (Å²) in [6.45, 7) is 1.58. The lowest BCUT2D eigenvalue weighted by molar-refractivity contribution is -0.125. The van der Waals surface area contributed by atoms with Crippen molar-refractivity contribution in [3.8, 4) is 0 Å². The van der Waals surface area contributed by atoms with Crippen molar-refractivity contribution >= 4 is 11.8 Å². The van der Waals surface area contributed by atoms with Gasteiger partial charge in [0.05, 0.1) is 26.2 Å². The summed E-state index contributed by atoms with van der Waals surface area (Å²) in [6, 6.07) is 7.43. The highest BCUT2D eigenvalue weighted by molar-refractivity contribution is 5.85. The molecule has 0 saturated carbocycles. The van der Waals surface area contributed by atoms with Gasteiger partial charge in [0.1, 0.15) is 0 Å². The number of nitrogens with two attached hydrogens (primary N) is 1. The lowest BCUT2D eigenvalue weighted by atomic mass is 10.1. The molecule has 0 unspecified atom stereocenters. The van der Waals surface area contributed by atoms with Crippen LogP contribution in [0.15, 0.2) is 29.4 Å². The molecule has 1 aromatic carbocycles. The van der Waals surface area contributed by atoms with Crippen LogP contribution in [0.1, 0.15) is 11.1 Å². The largest absolute Gasteiger partial charge is 0.379 e. The van der Waals surface area contributed by atoms with E-state index in [0.717, 1.165) is 11.1 Å². The first-order valence-corrected chi connectivity index (χ1v) is 7.55. The van der Waals surface area contributed by atoms with Gasteiger partial charge in [-0.05, 0) is 16.7 Å². The molecule has 9 nitrogen and oxygen atoms in total. The van der Waals surface area contributed by atoms with Crippen molar-refractivity contribution in [3.63, 3.8) is 0 Å². The molecule has 1 aromatic rings. The Balaban J connectivity index is 2.12. The van der Waals surface area contributed by atoms with Crippen LogP contribution in [0.4, 0.5) is 0 Å². The molecule has 0 bridgehead atoms. The number of ether oxygens (including phenoxy) is 1. The van der Waals surface area contributed by atoms with Gasteiger partial charge in [-0.2, -0.15) is 0 Å². The second-order valence-corrected chi connectivity index (χ2v) is 4.89. The van der Waals surface area contributed by atoms with Gasteiger partial charge >= 0.3 is 0 Å². The van der Waals surface area contributed by atoms with E-state index in [2.05, 4.69) is 20.7 Å². The number of azide groups is 1. The maximum absolute atomic E-state index is 11.8. The molecular weight excluding hydrogens is 312 g/mol. The average molecular weight is 334 g/mol. The van der Waals surface area contributed by atoms with E-state index in [4.69, 9.17) is 16.0 Å². The van der Waals surface area contributed by atoms with Crippen molar-refractivity contribution in [2.75, 3.05) is 32.8 Å². The SMILES string of the molecule is [N-]=[N+]=NCCOCCNC(=O)CNC(=O)Cc1ccc(CN)cc1. The number of benzene rings is 1. The summed E-state index contributed by atoms with van der Waals surface area (Å²) in [5.41, 5.74) is 15.4. The van der Waals surface area contributed by atoms with Gasteiger partial charge in [-0.3, -0.25) is 9.59 Å². The molecule has 130 valence electrons. The Hall–Kier alpha value is -2.61. The van der Waals surface area contributed by atoms with Gasteiger partial charge in [0.15, 0.2) is 0 Å². The van der Waals surface area contributed by atoms with Crippen LogP contribution in [-0.4, -0.2) is 44.7 Å². The van der Waals surface area contributed by atoms with E-state index in [-0.39, 0.29) is 31.3 Å². The average Bonchev–Trinajstić information content (AvgIpc) is 2.60. The molecule has 0 aliphatic rings. The summed E-state index contributed by atoms with van der Waals surface area (Å²) in [5.74, 6) is -0.517. The fourth-order valence-corrected chi connectivity index (χ4v) is 1.80. The summed E-state index contributed by atoms with van der Waals surface area (Å²) >= 11 is 0. The molecular formula is C15H22N6O3. The molecule has 4 N–H and O–H groups in total. The fraction of sp³-hybridized carbons (Fsp3) is 0.467. The van der Waals surface area contributed by atoms with Crippen molar-refractivity contribution in [1.29, 1.82) is 0 Å². The zero-order valence-electron chi connectivity index (χ0n) is 13.4. The number of nitrogens with one attached hydrogen (secondary N) is 2. The smallest absolute Gasteiger partial charge is 0.239 e. The first-order chi connectivity index (χ1) is 11.7. The number of rotatable bonds is 11. The van der Waals surface area contributed by atoms with E-state index in [1.54, 1.807) is 0 Å². The Kier molecular flexibility index (Phi) is 9.63. The van der Waals surface area contributed by atoms with E-state index in [1.165, 1.54) is 0 Å². The molecule has 0 heterocycles. The minimum Gasteiger partial charge on any atom is -0.379 e. The molecule has 0 spiro atoms. The van der Waals surface area contributed by atoms with Crippen molar-refractivity contribution in [3.05, 3.63) is 45.8 Å². The highest BCUT2D eigenvalue weighted by Gasteiger charge is 2.06. The third-order valence-electron chi connectivity index (χ3n) is 3.04. The number of nitrogens with zero attached hydrogens (tertiary/aromatic N) is 3. The predicted molar refractivity (Wildman–Crippen MR) is 88.9 cm³/mol. The fourth-order valence-electron chi connectivity index (χ4n) is 1.80. The second kappa shape index (κ2) is 11.9. The molecule has 0 atom stereocenters. The summed E-state index contributed by atoms with van der Waals surface area (Å²) < 4.78 is 5.13. The van der Waals surface area contributed by atoms with E-state index < -0.39 is 0 Å². The molecule has 0 saturated heterocycles. The Morgan fingerprint density at radius 3 is 2.50 bits per heavy atom. The molecule has 0 aliphatic heterocycles.